The number of nitrogens with zero attached hydrogens (tertiary/aromatic N) is 3. The van der Waals surface area contributed by atoms with Gasteiger partial charge in [-0.1, -0.05) is 6.07 Å². The first-order valence-electron chi connectivity index (χ1n) is 8.41. The van der Waals surface area contributed by atoms with E-state index in [1.165, 1.54) is 0 Å². The predicted molar refractivity (Wildman–Crippen MR) is 91.0 cm³/mol. The number of aromatic nitrogens is 1. The minimum Gasteiger partial charge on any atom is -0.377 e. The summed E-state index contributed by atoms with van der Waals surface area (Å²) >= 11 is 0. The number of pyridine rings is 1. The predicted octanol–water partition coefficient (Wildman–Crippen LogP) is 1.28. The SMILES string of the molecule is CN(C)C(=O)N1CCOCC2(CC(CNc3ccccn3)CO2)C1. The normalized spacial score (nSPS) is 27.1. The number of hydrogen-bond acceptors (Lipinski definition) is 5. The second kappa shape index (κ2) is 7.36. The summed E-state index contributed by atoms with van der Waals surface area (Å²) in [5.74, 6) is 1.25. The molecule has 1 aromatic rings. The number of urea groups is 1. The Balaban J connectivity index is 1.58. The van der Waals surface area contributed by atoms with Gasteiger partial charge in [0, 0.05) is 39.3 Å². The van der Waals surface area contributed by atoms with Crippen LogP contribution in [-0.2, 0) is 9.47 Å². The highest BCUT2D eigenvalue weighted by molar-refractivity contribution is 5.74. The molecule has 3 heterocycles. The first-order chi connectivity index (χ1) is 11.6. The molecule has 2 fully saturated rings. The minimum atomic E-state index is -0.390. The van der Waals surface area contributed by atoms with Gasteiger partial charge in [0.15, 0.2) is 0 Å². The molecule has 0 aliphatic carbocycles. The number of anilines is 1. The highest BCUT2D eigenvalue weighted by Gasteiger charge is 2.44. The van der Waals surface area contributed by atoms with Gasteiger partial charge in [0.2, 0.25) is 0 Å². The lowest BCUT2D eigenvalue weighted by Crippen LogP contribution is -2.49. The third kappa shape index (κ3) is 3.96. The number of nitrogens with one attached hydrogen (secondary N) is 1. The zero-order valence-electron chi connectivity index (χ0n) is 14.4. The van der Waals surface area contributed by atoms with Gasteiger partial charge in [0.25, 0.3) is 0 Å². The molecule has 2 amide bonds. The first kappa shape index (κ1) is 17.0. The van der Waals surface area contributed by atoms with E-state index in [9.17, 15) is 4.79 Å². The molecule has 2 aliphatic rings. The van der Waals surface area contributed by atoms with Gasteiger partial charge >= 0.3 is 6.03 Å². The smallest absolute Gasteiger partial charge is 0.319 e. The van der Waals surface area contributed by atoms with Crippen molar-refractivity contribution in [2.75, 3.05) is 58.9 Å². The number of hydrogen-bond donors (Lipinski definition) is 1. The second-order valence-electron chi connectivity index (χ2n) is 6.81. The molecule has 0 aromatic carbocycles. The fourth-order valence-corrected chi connectivity index (χ4v) is 3.35. The molecule has 24 heavy (non-hydrogen) atoms. The van der Waals surface area contributed by atoms with Crippen molar-refractivity contribution in [1.29, 1.82) is 0 Å². The van der Waals surface area contributed by atoms with E-state index >= 15 is 0 Å². The van der Waals surface area contributed by atoms with Crippen LogP contribution < -0.4 is 5.32 Å². The summed E-state index contributed by atoms with van der Waals surface area (Å²) < 4.78 is 11.9. The van der Waals surface area contributed by atoms with E-state index in [0.717, 1.165) is 18.8 Å². The third-order valence-electron chi connectivity index (χ3n) is 4.53. The summed E-state index contributed by atoms with van der Waals surface area (Å²) in [4.78, 5) is 20.0. The Kier molecular flexibility index (Phi) is 5.20. The quantitative estimate of drug-likeness (QED) is 0.902. The number of amides is 2. The fourth-order valence-electron chi connectivity index (χ4n) is 3.35. The Labute approximate surface area is 142 Å². The van der Waals surface area contributed by atoms with Crippen LogP contribution in [0.5, 0.6) is 0 Å². The van der Waals surface area contributed by atoms with Gasteiger partial charge in [-0.3, -0.25) is 0 Å². The van der Waals surface area contributed by atoms with Crippen LogP contribution in [0.3, 0.4) is 0 Å². The van der Waals surface area contributed by atoms with Crippen molar-refractivity contribution < 1.29 is 14.3 Å². The fraction of sp³-hybridized carbons (Fsp3) is 0.647. The van der Waals surface area contributed by atoms with Gasteiger partial charge < -0.3 is 24.6 Å². The summed E-state index contributed by atoms with van der Waals surface area (Å²) in [5.41, 5.74) is -0.390. The van der Waals surface area contributed by atoms with Crippen LogP contribution in [0.1, 0.15) is 6.42 Å². The number of carbonyl (C=O) groups excluding carboxylic acids is 1. The molecule has 0 saturated carbocycles. The molecule has 1 N–H and O–H groups in total. The number of carbonyl (C=O) groups is 1. The van der Waals surface area contributed by atoms with E-state index in [0.29, 0.717) is 38.8 Å². The summed E-state index contributed by atoms with van der Waals surface area (Å²) in [5, 5.41) is 3.36. The van der Waals surface area contributed by atoms with E-state index in [1.807, 2.05) is 23.1 Å². The molecule has 7 nitrogen and oxygen atoms in total. The third-order valence-corrected chi connectivity index (χ3v) is 4.53. The average Bonchev–Trinajstić information content (AvgIpc) is 2.86. The Bertz CT molecular complexity index is 554. The van der Waals surface area contributed by atoms with Crippen LogP contribution in [0.25, 0.3) is 0 Å². The van der Waals surface area contributed by atoms with E-state index in [1.54, 1.807) is 25.2 Å². The monoisotopic (exact) mass is 334 g/mol. The Morgan fingerprint density at radius 3 is 3.12 bits per heavy atom. The summed E-state index contributed by atoms with van der Waals surface area (Å²) in [6, 6.07) is 5.83. The molecule has 2 atom stereocenters. The molecule has 1 spiro atoms. The number of rotatable bonds is 3. The molecule has 7 heteroatoms. The van der Waals surface area contributed by atoms with Gasteiger partial charge in [-0.15, -0.1) is 0 Å². The van der Waals surface area contributed by atoms with E-state index in [2.05, 4.69) is 10.3 Å². The van der Waals surface area contributed by atoms with Gasteiger partial charge in [-0.2, -0.15) is 0 Å². The first-order valence-corrected chi connectivity index (χ1v) is 8.41. The van der Waals surface area contributed by atoms with Crippen molar-refractivity contribution >= 4 is 11.8 Å². The van der Waals surface area contributed by atoms with Gasteiger partial charge in [-0.25, -0.2) is 9.78 Å². The van der Waals surface area contributed by atoms with Crippen molar-refractivity contribution in [3.05, 3.63) is 24.4 Å². The summed E-state index contributed by atoms with van der Waals surface area (Å²) in [6.07, 6.45) is 2.66. The molecule has 132 valence electrons. The maximum absolute atomic E-state index is 12.3. The van der Waals surface area contributed by atoms with Gasteiger partial charge in [0.05, 0.1) is 26.4 Å². The van der Waals surface area contributed by atoms with Gasteiger partial charge in [-0.05, 0) is 18.6 Å². The van der Waals surface area contributed by atoms with Gasteiger partial charge in [0.1, 0.15) is 11.4 Å². The molecular weight excluding hydrogens is 308 g/mol. The molecule has 0 bridgehead atoms. The van der Waals surface area contributed by atoms with Crippen LogP contribution in [-0.4, -0.2) is 80.0 Å². The standard InChI is InChI=1S/C17H26N4O3/c1-20(2)16(22)21-7-8-23-13-17(12-21)9-14(11-24-17)10-19-15-5-3-4-6-18-15/h3-6,14H,7-13H2,1-2H3,(H,18,19). The van der Waals surface area contributed by atoms with Crippen molar-refractivity contribution in [3.8, 4) is 0 Å². The largest absolute Gasteiger partial charge is 0.377 e. The highest BCUT2D eigenvalue weighted by Crippen LogP contribution is 2.33. The maximum Gasteiger partial charge on any atom is 0.319 e. The Hall–Kier alpha value is -1.86. The lowest BCUT2D eigenvalue weighted by atomic mass is 9.94. The van der Waals surface area contributed by atoms with Crippen LogP contribution in [0.2, 0.25) is 0 Å². The lowest BCUT2D eigenvalue weighted by molar-refractivity contribution is -0.0535. The molecular formula is C17H26N4O3. The Morgan fingerprint density at radius 1 is 1.50 bits per heavy atom. The summed E-state index contributed by atoms with van der Waals surface area (Å²) in [7, 11) is 3.55. The second-order valence-corrected chi connectivity index (χ2v) is 6.81. The summed E-state index contributed by atoms with van der Waals surface area (Å²) in [6.45, 7) is 3.78. The maximum atomic E-state index is 12.3. The van der Waals surface area contributed by atoms with Crippen molar-refractivity contribution in [2.45, 2.75) is 12.0 Å². The van der Waals surface area contributed by atoms with E-state index in [-0.39, 0.29) is 6.03 Å². The van der Waals surface area contributed by atoms with Crippen molar-refractivity contribution in [3.63, 3.8) is 0 Å². The van der Waals surface area contributed by atoms with Crippen LogP contribution in [0.4, 0.5) is 10.6 Å². The highest BCUT2D eigenvalue weighted by atomic mass is 16.5. The molecule has 1 aromatic heterocycles. The van der Waals surface area contributed by atoms with Crippen molar-refractivity contribution in [1.82, 2.24) is 14.8 Å². The van der Waals surface area contributed by atoms with E-state index in [4.69, 9.17) is 9.47 Å². The molecule has 0 radical (unpaired) electrons. The Morgan fingerprint density at radius 2 is 2.38 bits per heavy atom. The lowest BCUT2D eigenvalue weighted by Gasteiger charge is -2.32. The van der Waals surface area contributed by atoms with Crippen LogP contribution in [0, 0.1) is 5.92 Å². The molecule has 2 unspecified atom stereocenters. The zero-order valence-corrected chi connectivity index (χ0v) is 14.4. The topological polar surface area (TPSA) is 66.9 Å². The zero-order chi connectivity index (χ0) is 17.0. The van der Waals surface area contributed by atoms with Crippen molar-refractivity contribution in [2.24, 2.45) is 5.92 Å². The van der Waals surface area contributed by atoms with Crippen LogP contribution >= 0.6 is 0 Å². The minimum absolute atomic E-state index is 0.0125. The molecule has 2 saturated heterocycles. The average molecular weight is 334 g/mol. The molecule has 3 rings (SSSR count). The van der Waals surface area contributed by atoms with Crippen LogP contribution in [0.15, 0.2) is 24.4 Å². The molecule has 2 aliphatic heterocycles. The van der Waals surface area contributed by atoms with E-state index < -0.39 is 5.60 Å². The number of ether oxygens (including phenoxy) is 2.